The number of ether oxygens (including phenoxy) is 2. The molecular formula is C23H28ClN3O5S. The van der Waals surface area contributed by atoms with Gasteiger partial charge in [-0.05, 0) is 36.2 Å². The zero-order chi connectivity index (χ0) is 23.3. The summed E-state index contributed by atoms with van der Waals surface area (Å²) in [6, 6.07) is 12.4. The smallest absolute Gasteiger partial charge is 0.251 e. The van der Waals surface area contributed by atoms with E-state index in [1.807, 2.05) is 29.2 Å². The topological polar surface area (TPSA) is 88.2 Å². The summed E-state index contributed by atoms with van der Waals surface area (Å²) >= 11 is 6.19. The van der Waals surface area contributed by atoms with E-state index in [1.165, 1.54) is 10.4 Å². The average Bonchev–Trinajstić information content (AvgIpc) is 2.86. The lowest BCUT2D eigenvalue weighted by Crippen LogP contribution is -2.42. The quantitative estimate of drug-likeness (QED) is 0.636. The van der Waals surface area contributed by atoms with Crippen molar-refractivity contribution in [2.75, 3.05) is 64.1 Å². The Labute approximate surface area is 199 Å². The van der Waals surface area contributed by atoms with Crippen LogP contribution in [0, 0.1) is 0 Å². The zero-order valence-electron chi connectivity index (χ0n) is 18.3. The molecule has 0 radical (unpaired) electrons. The van der Waals surface area contributed by atoms with Gasteiger partial charge in [0.25, 0.3) is 5.91 Å². The highest BCUT2D eigenvalue weighted by molar-refractivity contribution is 7.89. The lowest BCUT2D eigenvalue weighted by molar-refractivity contribution is 0.0730. The van der Waals surface area contributed by atoms with Crippen molar-refractivity contribution in [1.82, 2.24) is 9.62 Å². The standard InChI is InChI=1S/C23H28ClN3O5S/c24-20-4-2-1-3-18(20)7-8-25-23(28)19-5-6-21(26-9-13-31-14-10-26)22(17-19)33(29,30)27-11-15-32-16-12-27/h1-6,17H,7-16H2,(H,25,28). The van der Waals surface area contributed by atoms with Gasteiger partial charge in [0.05, 0.1) is 32.1 Å². The van der Waals surface area contributed by atoms with Crippen LogP contribution in [-0.2, 0) is 25.9 Å². The van der Waals surface area contributed by atoms with Crippen molar-refractivity contribution in [1.29, 1.82) is 0 Å². The third kappa shape index (κ3) is 5.67. The van der Waals surface area contributed by atoms with Crippen LogP contribution in [0.2, 0.25) is 5.02 Å². The summed E-state index contributed by atoms with van der Waals surface area (Å²) in [6.07, 6.45) is 0.580. The molecule has 1 amide bonds. The number of hydrogen-bond acceptors (Lipinski definition) is 6. The minimum absolute atomic E-state index is 0.144. The van der Waals surface area contributed by atoms with Crippen LogP contribution in [0.3, 0.4) is 0 Å². The van der Waals surface area contributed by atoms with Gasteiger partial charge in [0.2, 0.25) is 10.0 Å². The Hall–Kier alpha value is -2.17. The van der Waals surface area contributed by atoms with Gasteiger partial charge in [-0.25, -0.2) is 8.42 Å². The molecule has 2 aliphatic heterocycles. The van der Waals surface area contributed by atoms with Gasteiger partial charge < -0.3 is 19.7 Å². The normalized spacial score (nSPS) is 17.7. The fraction of sp³-hybridized carbons (Fsp3) is 0.435. The molecule has 0 bridgehead atoms. The van der Waals surface area contributed by atoms with Gasteiger partial charge in [-0.3, -0.25) is 4.79 Å². The maximum atomic E-state index is 13.5. The van der Waals surface area contributed by atoms with E-state index < -0.39 is 10.0 Å². The maximum Gasteiger partial charge on any atom is 0.251 e. The Morgan fingerprint density at radius 2 is 1.64 bits per heavy atom. The Morgan fingerprint density at radius 3 is 2.33 bits per heavy atom. The maximum absolute atomic E-state index is 13.5. The highest BCUT2D eigenvalue weighted by atomic mass is 35.5. The Balaban J connectivity index is 1.56. The van der Waals surface area contributed by atoms with Crippen molar-refractivity contribution in [2.45, 2.75) is 11.3 Å². The fourth-order valence-corrected chi connectivity index (χ4v) is 5.84. The number of hydrogen-bond donors (Lipinski definition) is 1. The number of rotatable bonds is 7. The number of benzene rings is 2. The number of amides is 1. The first-order valence-corrected chi connectivity index (χ1v) is 12.8. The van der Waals surface area contributed by atoms with Crippen molar-refractivity contribution < 1.29 is 22.7 Å². The Morgan fingerprint density at radius 1 is 0.970 bits per heavy atom. The van der Waals surface area contributed by atoms with Crippen LogP contribution in [0.25, 0.3) is 0 Å². The predicted octanol–water partition coefficient (Wildman–Crippen LogP) is 2.17. The Bertz CT molecular complexity index is 1080. The first kappa shape index (κ1) is 24.0. The van der Waals surface area contributed by atoms with Crippen LogP contribution in [-0.4, -0.2) is 77.8 Å². The number of sulfonamides is 1. The number of nitrogens with zero attached hydrogens (tertiary/aromatic N) is 2. The fourth-order valence-electron chi connectivity index (χ4n) is 3.97. The molecule has 0 atom stereocenters. The minimum Gasteiger partial charge on any atom is -0.379 e. The molecule has 0 aromatic heterocycles. The third-order valence-corrected chi connectivity index (χ3v) is 8.10. The predicted molar refractivity (Wildman–Crippen MR) is 127 cm³/mol. The summed E-state index contributed by atoms with van der Waals surface area (Å²) in [5, 5.41) is 3.53. The van der Waals surface area contributed by atoms with E-state index in [0.717, 1.165) is 5.56 Å². The third-order valence-electron chi connectivity index (χ3n) is 5.80. The van der Waals surface area contributed by atoms with E-state index in [2.05, 4.69) is 5.32 Å². The van der Waals surface area contributed by atoms with Gasteiger partial charge in [0.1, 0.15) is 4.90 Å². The van der Waals surface area contributed by atoms with Crippen LogP contribution in [0.5, 0.6) is 0 Å². The van der Waals surface area contributed by atoms with Crippen molar-refractivity contribution in [3.63, 3.8) is 0 Å². The van der Waals surface area contributed by atoms with Crippen LogP contribution in [0.15, 0.2) is 47.4 Å². The van der Waals surface area contributed by atoms with Gasteiger partial charge in [-0.2, -0.15) is 4.31 Å². The number of nitrogens with one attached hydrogen (secondary N) is 1. The zero-order valence-corrected chi connectivity index (χ0v) is 19.9. The van der Waals surface area contributed by atoms with Gasteiger partial charge >= 0.3 is 0 Å². The monoisotopic (exact) mass is 493 g/mol. The lowest BCUT2D eigenvalue weighted by Gasteiger charge is -2.32. The number of halogens is 1. The van der Waals surface area contributed by atoms with Crippen LogP contribution < -0.4 is 10.2 Å². The molecular weight excluding hydrogens is 466 g/mol. The molecule has 0 unspecified atom stereocenters. The minimum atomic E-state index is -3.79. The van der Waals surface area contributed by atoms with Crippen molar-refractivity contribution >= 4 is 33.2 Å². The second kappa shape index (κ2) is 10.8. The molecule has 4 rings (SSSR count). The summed E-state index contributed by atoms with van der Waals surface area (Å²) in [6.45, 7) is 3.92. The molecule has 178 valence electrons. The summed E-state index contributed by atoms with van der Waals surface area (Å²) in [7, 11) is -3.79. The molecule has 33 heavy (non-hydrogen) atoms. The van der Waals surface area contributed by atoms with E-state index in [1.54, 1.807) is 12.1 Å². The van der Waals surface area contributed by atoms with E-state index in [-0.39, 0.29) is 10.8 Å². The molecule has 1 N–H and O–H groups in total. The van der Waals surface area contributed by atoms with E-state index >= 15 is 0 Å². The highest BCUT2D eigenvalue weighted by Crippen LogP contribution is 2.30. The molecule has 2 saturated heterocycles. The molecule has 2 aromatic carbocycles. The molecule has 2 heterocycles. The van der Waals surface area contributed by atoms with Crippen LogP contribution in [0.4, 0.5) is 5.69 Å². The summed E-state index contributed by atoms with van der Waals surface area (Å²) in [5.74, 6) is -0.325. The second-order valence-corrected chi connectivity index (χ2v) is 10.2. The first-order chi connectivity index (χ1) is 16.0. The highest BCUT2D eigenvalue weighted by Gasteiger charge is 2.31. The van der Waals surface area contributed by atoms with E-state index in [9.17, 15) is 13.2 Å². The summed E-state index contributed by atoms with van der Waals surface area (Å²) in [4.78, 5) is 15.0. The first-order valence-electron chi connectivity index (χ1n) is 11.0. The summed E-state index contributed by atoms with van der Waals surface area (Å²) < 4.78 is 39.2. The van der Waals surface area contributed by atoms with E-state index in [0.29, 0.717) is 81.8 Å². The van der Waals surface area contributed by atoms with Gasteiger partial charge in [0.15, 0.2) is 0 Å². The molecule has 2 aliphatic rings. The SMILES string of the molecule is O=C(NCCc1ccccc1Cl)c1ccc(N2CCOCC2)c(S(=O)(=O)N2CCOCC2)c1. The molecule has 2 fully saturated rings. The molecule has 8 nitrogen and oxygen atoms in total. The van der Waals surface area contributed by atoms with Crippen LogP contribution >= 0.6 is 11.6 Å². The van der Waals surface area contributed by atoms with Crippen molar-refractivity contribution in [2.24, 2.45) is 0 Å². The molecule has 0 saturated carbocycles. The number of anilines is 1. The second-order valence-electron chi connectivity index (χ2n) is 7.90. The lowest BCUT2D eigenvalue weighted by atomic mass is 10.1. The summed E-state index contributed by atoms with van der Waals surface area (Å²) in [5.41, 5.74) is 1.84. The van der Waals surface area contributed by atoms with E-state index in [4.69, 9.17) is 21.1 Å². The van der Waals surface area contributed by atoms with Gasteiger partial charge in [0, 0.05) is 43.3 Å². The van der Waals surface area contributed by atoms with Gasteiger partial charge in [-0.1, -0.05) is 29.8 Å². The molecule has 2 aromatic rings. The number of carbonyl (C=O) groups excluding carboxylic acids is 1. The van der Waals surface area contributed by atoms with Crippen molar-refractivity contribution in [3.8, 4) is 0 Å². The molecule has 0 aliphatic carbocycles. The molecule has 0 spiro atoms. The molecule has 10 heteroatoms. The van der Waals surface area contributed by atoms with Crippen molar-refractivity contribution in [3.05, 3.63) is 58.6 Å². The average molecular weight is 494 g/mol. The number of morpholine rings is 2. The largest absolute Gasteiger partial charge is 0.379 e. The number of carbonyl (C=O) groups is 1. The van der Waals surface area contributed by atoms with Crippen LogP contribution in [0.1, 0.15) is 15.9 Å². The Kier molecular flexibility index (Phi) is 7.87. The van der Waals surface area contributed by atoms with Gasteiger partial charge in [-0.15, -0.1) is 0 Å².